The maximum Gasteiger partial charge on any atom is 0.294 e. The summed E-state index contributed by atoms with van der Waals surface area (Å²) in [5.41, 5.74) is 5.22. The zero-order valence-corrected chi connectivity index (χ0v) is 7.45. The molecule has 0 unspecified atom stereocenters. The second kappa shape index (κ2) is 3.33. The molecule has 0 aliphatic carbocycles. The van der Waals surface area contributed by atoms with Gasteiger partial charge in [0.05, 0.1) is 0 Å². The first-order valence-corrected chi connectivity index (χ1v) is 4.17. The summed E-state index contributed by atoms with van der Waals surface area (Å²) in [5.74, 6) is -0.476. The molecule has 0 spiro atoms. The first-order valence-electron chi connectivity index (χ1n) is 3.40. The summed E-state index contributed by atoms with van der Waals surface area (Å²) in [6.45, 7) is 0. The molecule has 0 aliphatic heterocycles. The van der Waals surface area contributed by atoms with Gasteiger partial charge in [-0.15, -0.1) is 5.10 Å². The van der Waals surface area contributed by atoms with Gasteiger partial charge in [0.25, 0.3) is 5.91 Å². The van der Waals surface area contributed by atoms with Crippen molar-refractivity contribution in [3.63, 3.8) is 0 Å². The number of aromatic amines is 1. The third kappa shape index (κ3) is 1.64. The molecule has 9 nitrogen and oxygen atoms in total. The number of nitrogen functional groups attached to an aromatic ring is 1. The lowest BCUT2D eigenvalue weighted by Gasteiger charge is -1.93. The molecule has 0 fully saturated rings. The number of rotatable bonds is 2. The summed E-state index contributed by atoms with van der Waals surface area (Å²) in [6, 6.07) is 0. The molecular formula is C4H4N8OS. The van der Waals surface area contributed by atoms with Gasteiger partial charge in [0.2, 0.25) is 16.9 Å². The van der Waals surface area contributed by atoms with Gasteiger partial charge in [-0.1, -0.05) is 9.59 Å². The van der Waals surface area contributed by atoms with Gasteiger partial charge in [-0.05, 0) is 5.21 Å². The topological polar surface area (TPSA) is 135 Å². The Hall–Kier alpha value is -2.10. The first kappa shape index (κ1) is 8.50. The number of nitrogens with zero attached hydrogens (tertiary/aromatic N) is 5. The molecule has 0 bridgehead atoms. The van der Waals surface area contributed by atoms with E-state index in [0.717, 1.165) is 11.5 Å². The number of carbonyl (C=O) groups is 1. The summed E-state index contributed by atoms with van der Waals surface area (Å²) in [7, 11) is 0. The van der Waals surface area contributed by atoms with Crippen LogP contribution in [0.25, 0.3) is 0 Å². The van der Waals surface area contributed by atoms with Crippen molar-refractivity contribution in [2.45, 2.75) is 0 Å². The monoisotopic (exact) mass is 212 g/mol. The van der Waals surface area contributed by atoms with E-state index < -0.39 is 5.91 Å². The molecule has 4 N–H and O–H groups in total. The third-order valence-corrected chi connectivity index (χ3v) is 1.75. The summed E-state index contributed by atoms with van der Waals surface area (Å²) >= 11 is 0.955. The van der Waals surface area contributed by atoms with Gasteiger partial charge in [0.1, 0.15) is 0 Å². The van der Waals surface area contributed by atoms with Gasteiger partial charge in [-0.25, -0.2) is 0 Å². The van der Waals surface area contributed by atoms with E-state index in [1.54, 1.807) is 0 Å². The molecule has 10 heteroatoms. The second-order valence-electron chi connectivity index (χ2n) is 2.16. The van der Waals surface area contributed by atoms with E-state index >= 15 is 0 Å². The Morgan fingerprint density at radius 1 is 1.57 bits per heavy atom. The predicted molar refractivity (Wildman–Crippen MR) is 46.5 cm³/mol. The quantitative estimate of drug-likeness (QED) is 0.573. The molecule has 0 aliphatic rings. The van der Waals surface area contributed by atoms with Crippen LogP contribution in [-0.4, -0.2) is 35.9 Å². The molecule has 72 valence electrons. The Bertz CT molecular complexity index is 434. The summed E-state index contributed by atoms with van der Waals surface area (Å²) in [4.78, 5) is 15.0. The van der Waals surface area contributed by atoms with Crippen LogP contribution in [0.3, 0.4) is 0 Å². The minimum Gasteiger partial charge on any atom is -0.366 e. The normalized spacial score (nSPS) is 10.0. The molecular weight excluding hydrogens is 208 g/mol. The molecule has 2 heterocycles. The number of nitrogens with two attached hydrogens (primary N) is 1. The van der Waals surface area contributed by atoms with Crippen LogP contribution >= 0.6 is 11.5 Å². The number of amides is 1. The Balaban J connectivity index is 2.10. The lowest BCUT2D eigenvalue weighted by atomic mass is 10.6. The summed E-state index contributed by atoms with van der Waals surface area (Å²) in [6.07, 6.45) is 0. The van der Waals surface area contributed by atoms with E-state index in [1.165, 1.54) is 0 Å². The van der Waals surface area contributed by atoms with E-state index in [4.69, 9.17) is 5.73 Å². The average molecular weight is 212 g/mol. The number of anilines is 2. The van der Waals surface area contributed by atoms with Gasteiger partial charge in [-0.3, -0.25) is 15.2 Å². The highest BCUT2D eigenvalue weighted by molar-refractivity contribution is 7.09. The molecule has 0 saturated carbocycles. The van der Waals surface area contributed by atoms with Crippen LogP contribution < -0.4 is 11.1 Å². The summed E-state index contributed by atoms with van der Waals surface area (Å²) < 4.78 is 3.47. The Labute approximate surface area is 80.9 Å². The van der Waals surface area contributed by atoms with Gasteiger partial charge in [-0.2, -0.15) is 4.98 Å². The van der Waals surface area contributed by atoms with E-state index in [2.05, 4.69) is 35.3 Å². The highest BCUT2D eigenvalue weighted by atomic mass is 32.1. The number of hydrogen-bond acceptors (Lipinski definition) is 8. The Kier molecular flexibility index (Phi) is 2.02. The van der Waals surface area contributed by atoms with Gasteiger partial charge in [0.15, 0.2) is 0 Å². The molecule has 0 aromatic carbocycles. The van der Waals surface area contributed by atoms with Crippen LogP contribution in [0, 0.1) is 0 Å². The lowest BCUT2D eigenvalue weighted by Crippen LogP contribution is -2.13. The number of H-pyrrole nitrogens is 1. The average Bonchev–Trinajstić information content (AvgIpc) is 2.75. The molecule has 2 aromatic heterocycles. The van der Waals surface area contributed by atoms with E-state index in [9.17, 15) is 4.79 Å². The predicted octanol–water partition coefficient (Wildman–Crippen LogP) is -1.11. The highest BCUT2D eigenvalue weighted by Gasteiger charge is 2.12. The maximum atomic E-state index is 11.3. The van der Waals surface area contributed by atoms with Crippen LogP contribution in [0.5, 0.6) is 0 Å². The highest BCUT2D eigenvalue weighted by Crippen LogP contribution is 2.06. The van der Waals surface area contributed by atoms with Gasteiger partial charge < -0.3 is 5.73 Å². The third-order valence-electron chi connectivity index (χ3n) is 1.24. The molecule has 0 atom stereocenters. The molecule has 1 amide bonds. The fourth-order valence-electron chi connectivity index (χ4n) is 0.715. The van der Waals surface area contributed by atoms with Crippen molar-refractivity contribution in [3.05, 3.63) is 5.82 Å². The van der Waals surface area contributed by atoms with Crippen molar-refractivity contribution in [1.29, 1.82) is 0 Å². The van der Waals surface area contributed by atoms with E-state index in [-0.39, 0.29) is 16.9 Å². The largest absolute Gasteiger partial charge is 0.366 e. The maximum absolute atomic E-state index is 11.3. The SMILES string of the molecule is Nc1n[nH]c(C(=O)Nc2nnns2)n1. The van der Waals surface area contributed by atoms with Crippen molar-refractivity contribution >= 4 is 28.5 Å². The van der Waals surface area contributed by atoms with E-state index in [1.807, 2.05) is 0 Å². The molecule has 14 heavy (non-hydrogen) atoms. The summed E-state index contributed by atoms with van der Waals surface area (Å²) in [5, 5.41) is 15.4. The van der Waals surface area contributed by atoms with Crippen LogP contribution in [0.4, 0.5) is 11.1 Å². The zero-order chi connectivity index (χ0) is 9.97. The van der Waals surface area contributed by atoms with Crippen LogP contribution in [0.15, 0.2) is 0 Å². The molecule has 2 rings (SSSR count). The lowest BCUT2D eigenvalue weighted by molar-refractivity contribution is 0.101. The first-order chi connectivity index (χ1) is 6.75. The van der Waals surface area contributed by atoms with Crippen LogP contribution in [-0.2, 0) is 0 Å². The van der Waals surface area contributed by atoms with Crippen molar-refractivity contribution in [3.8, 4) is 0 Å². The number of aromatic nitrogens is 6. The molecule has 2 aromatic rings. The van der Waals surface area contributed by atoms with Crippen molar-refractivity contribution < 1.29 is 4.79 Å². The zero-order valence-electron chi connectivity index (χ0n) is 6.63. The Morgan fingerprint density at radius 2 is 2.43 bits per heavy atom. The van der Waals surface area contributed by atoms with E-state index in [0.29, 0.717) is 0 Å². The minimum absolute atomic E-state index is 0.00513. The van der Waals surface area contributed by atoms with Crippen molar-refractivity contribution in [2.75, 3.05) is 11.1 Å². The Morgan fingerprint density at radius 3 is 3.00 bits per heavy atom. The van der Waals surface area contributed by atoms with Crippen LogP contribution in [0.1, 0.15) is 10.6 Å². The fraction of sp³-hybridized carbons (Fsp3) is 0. The fourth-order valence-corrected chi connectivity index (χ4v) is 1.08. The van der Waals surface area contributed by atoms with Gasteiger partial charge in [0, 0.05) is 11.5 Å². The molecule has 0 saturated heterocycles. The number of carbonyl (C=O) groups excluding carboxylic acids is 1. The van der Waals surface area contributed by atoms with Crippen LogP contribution in [0.2, 0.25) is 0 Å². The molecule has 0 radical (unpaired) electrons. The standard InChI is InChI=1S/C4H4N8OS/c5-3-6-1(8-9-3)2(13)7-4-10-11-12-14-4/h(H3,5,6,8,9)(H,7,10,12,13). The number of hydrogen-bond donors (Lipinski definition) is 3. The van der Waals surface area contributed by atoms with Gasteiger partial charge >= 0.3 is 0 Å². The minimum atomic E-state index is -0.493. The van der Waals surface area contributed by atoms with Crippen molar-refractivity contribution in [1.82, 2.24) is 30.0 Å². The van der Waals surface area contributed by atoms with Crippen molar-refractivity contribution in [2.24, 2.45) is 0 Å². The number of nitrogens with one attached hydrogen (secondary N) is 2. The smallest absolute Gasteiger partial charge is 0.294 e. The second-order valence-corrected chi connectivity index (χ2v) is 2.90.